The lowest BCUT2D eigenvalue weighted by Gasteiger charge is -2.27. The average Bonchev–Trinajstić information content (AvgIpc) is 2.89. The number of esters is 2. The van der Waals surface area contributed by atoms with Crippen molar-refractivity contribution in [1.29, 1.82) is 0 Å². The van der Waals surface area contributed by atoms with Gasteiger partial charge < -0.3 is 14.2 Å². The number of ether oxygens (including phenoxy) is 3. The van der Waals surface area contributed by atoms with Crippen LogP contribution in [-0.4, -0.2) is 24.1 Å². The summed E-state index contributed by atoms with van der Waals surface area (Å²) >= 11 is 0. The van der Waals surface area contributed by atoms with Crippen molar-refractivity contribution in [2.24, 2.45) is 0 Å². The fourth-order valence-electron chi connectivity index (χ4n) is 3.19. The van der Waals surface area contributed by atoms with Crippen LogP contribution in [0.15, 0.2) is 48.5 Å². The molecule has 1 saturated heterocycles. The van der Waals surface area contributed by atoms with Gasteiger partial charge in [-0.3, -0.25) is 4.79 Å². The Morgan fingerprint density at radius 1 is 1.04 bits per heavy atom. The van der Waals surface area contributed by atoms with Gasteiger partial charge in [0, 0.05) is 17.5 Å². The summed E-state index contributed by atoms with van der Waals surface area (Å²) in [6, 6.07) is 14.7. The molecule has 0 aliphatic carbocycles. The lowest BCUT2D eigenvalue weighted by atomic mass is 9.88. The molecule has 0 unspecified atom stereocenters. The summed E-state index contributed by atoms with van der Waals surface area (Å²) in [7, 11) is 0. The topological polar surface area (TPSA) is 61.8 Å². The number of hydrogen-bond acceptors (Lipinski definition) is 5. The van der Waals surface area contributed by atoms with Gasteiger partial charge in [0.2, 0.25) is 6.10 Å². The first-order valence-corrected chi connectivity index (χ1v) is 7.90. The number of hydrogen-bond donors (Lipinski definition) is 0. The second-order valence-corrected chi connectivity index (χ2v) is 6.02. The molecule has 0 amide bonds. The van der Waals surface area contributed by atoms with E-state index in [-0.39, 0.29) is 6.10 Å². The van der Waals surface area contributed by atoms with Gasteiger partial charge in [0.25, 0.3) is 0 Å². The molecule has 2 aliphatic rings. The van der Waals surface area contributed by atoms with Gasteiger partial charge >= 0.3 is 11.9 Å². The van der Waals surface area contributed by atoms with E-state index in [2.05, 4.69) is 0 Å². The molecule has 4 rings (SSSR count). The first-order valence-electron chi connectivity index (χ1n) is 7.90. The van der Waals surface area contributed by atoms with E-state index in [4.69, 9.17) is 14.2 Å². The molecule has 1 fully saturated rings. The molecule has 0 radical (unpaired) electrons. The monoisotopic (exact) mass is 324 g/mol. The van der Waals surface area contributed by atoms with Crippen LogP contribution in [0.4, 0.5) is 0 Å². The van der Waals surface area contributed by atoms with Crippen LogP contribution in [0.25, 0.3) is 0 Å². The molecule has 0 saturated carbocycles. The summed E-state index contributed by atoms with van der Waals surface area (Å²) in [6.07, 6.45) is -0.684. The van der Waals surface area contributed by atoms with Crippen molar-refractivity contribution in [3.63, 3.8) is 0 Å². The van der Waals surface area contributed by atoms with Crippen LogP contribution < -0.4 is 4.74 Å². The Bertz CT molecular complexity index is 767. The number of fused-ring (bicyclic) bond motifs is 2. The maximum atomic E-state index is 12.8. The van der Waals surface area contributed by atoms with Gasteiger partial charge in [-0.2, -0.15) is 0 Å². The van der Waals surface area contributed by atoms with Gasteiger partial charge in [0.05, 0.1) is 0 Å². The van der Waals surface area contributed by atoms with E-state index in [9.17, 15) is 9.59 Å². The van der Waals surface area contributed by atoms with Crippen LogP contribution in [-0.2, 0) is 19.1 Å². The van der Waals surface area contributed by atoms with Crippen LogP contribution in [0.1, 0.15) is 30.4 Å². The van der Waals surface area contributed by atoms with Crippen LogP contribution in [0.3, 0.4) is 0 Å². The minimum atomic E-state index is -0.838. The summed E-state index contributed by atoms with van der Waals surface area (Å²) < 4.78 is 16.4. The summed E-state index contributed by atoms with van der Waals surface area (Å²) in [5, 5.41) is 0. The van der Waals surface area contributed by atoms with Gasteiger partial charge in [-0.15, -0.1) is 0 Å². The lowest BCUT2D eigenvalue weighted by Crippen LogP contribution is -2.28. The quantitative estimate of drug-likeness (QED) is 0.794. The van der Waals surface area contributed by atoms with Crippen molar-refractivity contribution >= 4 is 11.9 Å². The van der Waals surface area contributed by atoms with Crippen LogP contribution >= 0.6 is 0 Å². The van der Waals surface area contributed by atoms with Crippen LogP contribution in [0.2, 0.25) is 0 Å². The van der Waals surface area contributed by atoms with Gasteiger partial charge in [-0.1, -0.05) is 36.4 Å². The van der Waals surface area contributed by atoms with Crippen molar-refractivity contribution < 1.29 is 23.8 Å². The normalized spacial score (nSPS) is 22.1. The molecule has 2 aromatic rings. The molecule has 2 atom stereocenters. The minimum Gasteiger partial charge on any atom is -0.460 e. The van der Waals surface area contributed by atoms with Crippen molar-refractivity contribution in [3.8, 4) is 11.5 Å². The zero-order valence-electron chi connectivity index (χ0n) is 13.1. The Kier molecular flexibility index (Phi) is 3.49. The molecule has 122 valence electrons. The van der Waals surface area contributed by atoms with Gasteiger partial charge in [-0.25, -0.2) is 4.79 Å². The molecule has 5 nitrogen and oxygen atoms in total. The minimum absolute atomic E-state index is 0.232. The standard InChI is InChI=1S/C19H16O5/c1-11-10-16(18(20)22-11)24-19(21)17-12-6-2-4-8-14(12)23-15-9-5-3-7-13(15)17/h2-9,11,16-17H,10H2,1H3/t11-,16+/m0/s1. The predicted molar refractivity (Wildman–Crippen MR) is 84.9 cm³/mol. The molecular formula is C19H16O5. The first-order chi connectivity index (χ1) is 11.6. The van der Waals surface area contributed by atoms with Crippen molar-refractivity contribution in [2.75, 3.05) is 0 Å². The zero-order chi connectivity index (χ0) is 16.7. The summed E-state index contributed by atoms with van der Waals surface area (Å²) in [4.78, 5) is 24.6. The number of carbonyl (C=O) groups excluding carboxylic acids is 2. The fourth-order valence-corrected chi connectivity index (χ4v) is 3.19. The Balaban J connectivity index is 1.69. The molecular weight excluding hydrogens is 308 g/mol. The van der Waals surface area contributed by atoms with Gasteiger partial charge in [0.1, 0.15) is 23.5 Å². The average molecular weight is 324 g/mol. The third-order valence-corrected chi connectivity index (χ3v) is 4.30. The van der Waals surface area contributed by atoms with E-state index in [0.717, 1.165) is 11.1 Å². The molecule has 24 heavy (non-hydrogen) atoms. The van der Waals surface area contributed by atoms with Crippen molar-refractivity contribution in [3.05, 3.63) is 59.7 Å². The number of benzene rings is 2. The largest absolute Gasteiger partial charge is 0.460 e. The molecule has 0 N–H and O–H groups in total. The smallest absolute Gasteiger partial charge is 0.347 e. The number of cyclic esters (lactones) is 1. The number of carbonyl (C=O) groups is 2. The van der Waals surface area contributed by atoms with E-state index in [1.807, 2.05) is 48.5 Å². The van der Waals surface area contributed by atoms with Crippen LogP contribution in [0.5, 0.6) is 11.5 Å². The molecule has 5 heteroatoms. The van der Waals surface area contributed by atoms with E-state index >= 15 is 0 Å². The first kappa shape index (κ1) is 14.8. The Morgan fingerprint density at radius 3 is 2.17 bits per heavy atom. The highest BCUT2D eigenvalue weighted by molar-refractivity contribution is 5.88. The summed E-state index contributed by atoms with van der Waals surface area (Å²) in [6.45, 7) is 1.78. The highest BCUT2D eigenvalue weighted by Gasteiger charge is 2.39. The van der Waals surface area contributed by atoms with E-state index in [1.165, 1.54) is 0 Å². The predicted octanol–water partition coefficient (Wildman–Crippen LogP) is 3.17. The zero-order valence-corrected chi connectivity index (χ0v) is 13.1. The third-order valence-electron chi connectivity index (χ3n) is 4.30. The molecule has 0 spiro atoms. The summed E-state index contributed by atoms with van der Waals surface area (Å²) in [5.41, 5.74) is 1.47. The SMILES string of the molecule is C[C@H]1C[C@@H](OC(=O)C2c3ccccc3Oc3ccccc32)C(=O)O1. The second kappa shape index (κ2) is 5.67. The molecule has 2 aliphatic heterocycles. The van der Waals surface area contributed by atoms with E-state index in [0.29, 0.717) is 17.9 Å². The van der Waals surface area contributed by atoms with Crippen LogP contribution in [0, 0.1) is 0 Å². The fraction of sp³-hybridized carbons (Fsp3) is 0.263. The lowest BCUT2D eigenvalue weighted by molar-refractivity contribution is -0.161. The van der Waals surface area contributed by atoms with E-state index in [1.54, 1.807) is 6.92 Å². The van der Waals surface area contributed by atoms with E-state index < -0.39 is 24.0 Å². The highest BCUT2D eigenvalue weighted by atomic mass is 16.6. The Labute approximate surface area is 139 Å². The number of rotatable bonds is 2. The molecule has 0 bridgehead atoms. The molecule has 0 aromatic heterocycles. The maximum absolute atomic E-state index is 12.8. The maximum Gasteiger partial charge on any atom is 0.347 e. The third kappa shape index (κ3) is 2.42. The Morgan fingerprint density at radius 2 is 1.62 bits per heavy atom. The molecule has 2 heterocycles. The highest BCUT2D eigenvalue weighted by Crippen LogP contribution is 2.44. The van der Waals surface area contributed by atoms with Gasteiger partial charge in [0.15, 0.2) is 0 Å². The van der Waals surface area contributed by atoms with Crippen molar-refractivity contribution in [2.45, 2.75) is 31.5 Å². The molecule has 2 aromatic carbocycles. The second-order valence-electron chi connectivity index (χ2n) is 6.02. The van der Waals surface area contributed by atoms with Crippen molar-refractivity contribution in [1.82, 2.24) is 0 Å². The summed E-state index contributed by atoms with van der Waals surface area (Å²) in [5.74, 6) is -0.311. The van der Waals surface area contributed by atoms with Gasteiger partial charge in [-0.05, 0) is 19.1 Å². The Hall–Kier alpha value is -2.82. The number of para-hydroxylation sites is 2.